The van der Waals surface area contributed by atoms with E-state index in [0.29, 0.717) is 0 Å². The molecule has 3 nitrogen and oxygen atoms in total. The number of aromatic nitrogens is 1. The quantitative estimate of drug-likeness (QED) is 0.164. The van der Waals surface area contributed by atoms with Crippen molar-refractivity contribution >= 4 is 77.5 Å². The van der Waals surface area contributed by atoms with Gasteiger partial charge in [-0.1, -0.05) is 204 Å². The first-order valence-electron chi connectivity index (χ1n) is 27.0. The number of anilines is 6. The Morgan fingerprint density at radius 1 is 0.342 bits per heavy atom. The van der Waals surface area contributed by atoms with Gasteiger partial charge in [0.1, 0.15) is 0 Å². The van der Waals surface area contributed by atoms with Crippen molar-refractivity contribution in [2.75, 3.05) is 9.80 Å². The van der Waals surface area contributed by atoms with Gasteiger partial charge in [-0.15, -0.1) is 0 Å². The van der Waals surface area contributed by atoms with Crippen LogP contribution in [-0.2, 0) is 16.2 Å². The number of hydrogen-bond donors (Lipinski definition) is 0. The Kier molecular flexibility index (Phi) is 10.1. The third kappa shape index (κ3) is 6.67. The Morgan fingerprint density at radius 2 is 0.724 bits per heavy atom. The summed E-state index contributed by atoms with van der Waals surface area (Å²) < 4.78 is 2.56. The van der Waals surface area contributed by atoms with Crippen molar-refractivity contribution in [3.8, 4) is 16.8 Å². The van der Waals surface area contributed by atoms with Gasteiger partial charge < -0.3 is 14.4 Å². The zero-order valence-electron chi connectivity index (χ0n) is 44.7. The Labute approximate surface area is 446 Å². The summed E-state index contributed by atoms with van der Waals surface area (Å²) in [7, 11) is 0. The van der Waals surface area contributed by atoms with E-state index in [4.69, 9.17) is 0 Å². The molecule has 1 aliphatic carbocycles. The molecule has 0 amide bonds. The zero-order valence-corrected chi connectivity index (χ0v) is 44.7. The molecule has 2 aliphatic rings. The van der Waals surface area contributed by atoms with Crippen LogP contribution in [0.15, 0.2) is 224 Å². The second kappa shape index (κ2) is 16.7. The van der Waals surface area contributed by atoms with Crippen molar-refractivity contribution in [3.63, 3.8) is 0 Å². The number of benzene rings is 11. The van der Waals surface area contributed by atoms with Crippen molar-refractivity contribution in [1.82, 2.24) is 4.57 Å². The molecule has 0 N–H and O–H groups in total. The zero-order chi connectivity index (χ0) is 51.8. The van der Waals surface area contributed by atoms with E-state index in [-0.39, 0.29) is 10.8 Å². The summed E-state index contributed by atoms with van der Waals surface area (Å²) >= 11 is 0. The molecule has 0 unspecified atom stereocenters. The normalized spacial score (nSPS) is 13.4. The predicted octanol–water partition coefficient (Wildman–Crippen LogP) is 19.9. The predicted molar refractivity (Wildman–Crippen MR) is 323 cm³/mol. The van der Waals surface area contributed by atoms with Crippen LogP contribution >= 0.6 is 0 Å². The van der Waals surface area contributed by atoms with E-state index < -0.39 is 5.41 Å². The first kappa shape index (κ1) is 45.9. The number of aryl methyl sites for hydroxylation is 2. The molecule has 368 valence electrons. The van der Waals surface area contributed by atoms with Crippen LogP contribution in [0.2, 0.25) is 0 Å². The first-order valence-corrected chi connectivity index (χ1v) is 27.0. The van der Waals surface area contributed by atoms with Gasteiger partial charge in [-0.2, -0.15) is 0 Å². The fourth-order valence-corrected chi connectivity index (χ4v) is 13.1. The van der Waals surface area contributed by atoms with Crippen molar-refractivity contribution in [2.45, 2.75) is 71.6 Å². The molecule has 14 rings (SSSR count). The van der Waals surface area contributed by atoms with E-state index in [1.165, 1.54) is 105 Å². The van der Waals surface area contributed by atoms with Gasteiger partial charge in [0.2, 0.25) is 0 Å². The minimum absolute atomic E-state index is 0.00996. The summed E-state index contributed by atoms with van der Waals surface area (Å²) in [6, 6.07) is 85.8. The molecule has 1 spiro atoms. The Balaban J connectivity index is 1.17. The molecular weight excluding hydrogens is 919 g/mol. The molecule has 0 atom stereocenters. The summed E-state index contributed by atoms with van der Waals surface area (Å²) in [4.78, 5) is 5.03. The SMILES string of the molecule is Cc1ccc(N(c2ccc(C(C)(C)C)cc2)c2cc3c(c4ccccc24)-c2c(cc(N(c4ccc(C)cc4)c4ccc(C(C)(C)C)cc4)c4ccccc24)C32c3ccccc3-n3c4ccccc4c4cccc2c43)cc1. The summed E-state index contributed by atoms with van der Waals surface area (Å²) in [5.41, 5.74) is 22.5. The number of para-hydroxylation sites is 3. The minimum Gasteiger partial charge on any atom is -0.310 e. The van der Waals surface area contributed by atoms with Crippen LogP contribution in [0, 0.1) is 13.8 Å². The van der Waals surface area contributed by atoms with Gasteiger partial charge >= 0.3 is 0 Å². The van der Waals surface area contributed by atoms with E-state index in [1.807, 2.05) is 0 Å². The van der Waals surface area contributed by atoms with Gasteiger partial charge in [0.25, 0.3) is 0 Å². The lowest BCUT2D eigenvalue weighted by atomic mass is 9.65. The van der Waals surface area contributed by atoms with Crippen molar-refractivity contribution < 1.29 is 0 Å². The molecule has 0 saturated heterocycles. The standard InChI is InChI=1S/C73H61N3/c1-46-28-36-50(37-29-46)74(52-40-32-48(33-41-52)71(3,4)5)66-44-62-68(57-21-11-9-18-54(57)66)69-58-22-12-10-19-55(58)67(75(51-38-30-47(2)31-39-51)53-42-34-49(35-43-53)72(6,7)8)45-63(69)73(62)60-24-14-16-27-65(60)76-64-26-15-13-20-56(64)59-23-17-25-61(73)70(59)76/h9-45H,1-8H3. The van der Waals surface area contributed by atoms with Crippen LogP contribution in [0.5, 0.6) is 0 Å². The molecule has 76 heavy (non-hydrogen) atoms. The average Bonchev–Trinajstić information content (AvgIpc) is 4.12. The molecule has 3 heteroatoms. The topological polar surface area (TPSA) is 11.4 Å². The fraction of sp³-hybridized carbons (Fsp3) is 0.151. The summed E-state index contributed by atoms with van der Waals surface area (Å²) in [6.45, 7) is 18.1. The molecule has 0 bridgehead atoms. The monoisotopic (exact) mass is 979 g/mol. The number of hydrogen-bond acceptors (Lipinski definition) is 2. The van der Waals surface area contributed by atoms with E-state index in [1.54, 1.807) is 0 Å². The molecule has 0 saturated carbocycles. The number of rotatable bonds is 6. The highest BCUT2D eigenvalue weighted by Gasteiger charge is 2.53. The van der Waals surface area contributed by atoms with Gasteiger partial charge in [-0.25, -0.2) is 0 Å². The summed E-state index contributed by atoms with van der Waals surface area (Å²) in [5.74, 6) is 0. The maximum absolute atomic E-state index is 2.60. The van der Waals surface area contributed by atoms with E-state index in [9.17, 15) is 0 Å². The lowest BCUT2D eigenvalue weighted by molar-refractivity contribution is 0.590. The molecule has 0 radical (unpaired) electrons. The number of fused-ring (bicyclic) bond motifs is 16. The fourth-order valence-electron chi connectivity index (χ4n) is 13.1. The third-order valence-corrected chi connectivity index (χ3v) is 16.8. The maximum Gasteiger partial charge on any atom is 0.0756 e. The van der Waals surface area contributed by atoms with Gasteiger partial charge in [-0.05, 0) is 153 Å². The highest BCUT2D eigenvalue weighted by atomic mass is 15.2. The second-order valence-corrected chi connectivity index (χ2v) is 23.5. The third-order valence-electron chi connectivity index (χ3n) is 16.8. The molecule has 2 heterocycles. The van der Waals surface area contributed by atoms with Gasteiger partial charge in [0.05, 0.1) is 33.5 Å². The van der Waals surface area contributed by atoms with Crippen LogP contribution in [0.4, 0.5) is 34.1 Å². The number of nitrogens with zero attached hydrogens (tertiary/aromatic N) is 3. The van der Waals surface area contributed by atoms with E-state index in [2.05, 4.69) is 294 Å². The minimum atomic E-state index is -0.771. The largest absolute Gasteiger partial charge is 0.310 e. The summed E-state index contributed by atoms with van der Waals surface area (Å²) in [5, 5.41) is 7.40. The lowest BCUT2D eigenvalue weighted by Crippen LogP contribution is -2.34. The van der Waals surface area contributed by atoms with Crippen LogP contribution in [0.3, 0.4) is 0 Å². The van der Waals surface area contributed by atoms with Crippen molar-refractivity contribution in [3.05, 3.63) is 269 Å². The van der Waals surface area contributed by atoms with Gasteiger partial charge in [-0.3, -0.25) is 0 Å². The molecule has 12 aromatic rings. The van der Waals surface area contributed by atoms with Crippen molar-refractivity contribution in [1.29, 1.82) is 0 Å². The van der Waals surface area contributed by atoms with Crippen LogP contribution in [-0.4, -0.2) is 4.57 Å². The first-order chi connectivity index (χ1) is 36.8. The van der Waals surface area contributed by atoms with Crippen LogP contribution < -0.4 is 9.80 Å². The van der Waals surface area contributed by atoms with Crippen molar-refractivity contribution in [2.24, 2.45) is 0 Å². The van der Waals surface area contributed by atoms with Gasteiger partial charge in [0, 0.05) is 44.3 Å². The molecule has 1 aliphatic heterocycles. The Bertz CT molecular complexity index is 4100. The second-order valence-electron chi connectivity index (χ2n) is 23.5. The Morgan fingerprint density at radius 3 is 1.20 bits per heavy atom. The molecule has 11 aromatic carbocycles. The molecular formula is C73H61N3. The highest BCUT2D eigenvalue weighted by Crippen LogP contribution is 2.66. The smallest absolute Gasteiger partial charge is 0.0756 e. The Hall–Kier alpha value is -8.66. The average molecular weight is 980 g/mol. The van der Waals surface area contributed by atoms with Crippen LogP contribution in [0.1, 0.15) is 86.1 Å². The van der Waals surface area contributed by atoms with E-state index >= 15 is 0 Å². The summed E-state index contributed by atoms with van der Waals surface area (Å²) in [6.07, 6.45) is 0. The lowest BCUT2D eigenvalue weighted by Gasteiger charge is -2.40. The van der Waals surface area contributed by atoms with Crippen LogP contribution in [0.25, 0.3) is 60.2 Å². The van der Waals surface area contributed by atoms with Gasteiger partial charge in [0.15, 0.2) is 0 Å². The molecule has 1 aromatic heterocycles. The highest BCUT2D eigenvalue weighted by molar-refractivity contribution is 6.20. The molecule has 0 fully saturated rings. The maximum atomic E-state index is 2.60. The van der Waals surface area contributed by atoms with E-state index in [0.717, 1.165) is 34.1 Å².